The van der Waals surface area contributed by atoms with Crippen molar-refractivity contribution in [1.29, 1.82) is 0 Å². The van der Waals surface area contributed by atoms with E-state index in [9.17, 15) is 14.0 Å². The van der Waals surface area contributed by atoms with Crippen molar-refractivity contribution >= 4 is 11.8 Å². The summed E-state index contributed by atoms with van der Waals surface area (Å²) in [6.07, 6.45) is 0. The lowest BCUT2D eigenvalue weighted by Gasteiger charge is -2.28. The van der Waals surface area contributed by atoms with Gasteiger partial charge in [0.2, 0.25) is 5.91 Å². The molecule has 0 aliphatic carbocycles. The smallest absolute Gasteiger partial charge is 0.261 e. The Morgan fingerprint density at radius 2 is 1.82 bits per heavy atom. The summed E-state index contributed by atoms with van der Waals surface area (Å²) >= 11 is 0. The van der Waals surface area contributed by atoms with Crippen LogP contribution in [0.1, 0.15) is 30.5 Å². The number of benzene rings is 2. The van der Waals surface area contributed by atoms with E-state index in [4.69, 9.17) is 4.74 Å². The van der Waals surface area contributed by atoms with Gasteiger partial charge in [0.25, 0.3) is 5.91 Å². The summed E-state index contributed by atoms with van der Waals surface area (Å²) in [5.74, 6) is -0.272. The minimum atomic E-state index is -0.681. The number of carbonyl (C=O) groups is 2. The van der Waals surface area contributed by atoms with Crippen molar-refractivity contribution in [2.24, 2.45) is 0 Å². The fourth-order valence-electron chi connectivity index (χ4n) is 2.79. The van der Waals surface area contributed by atoms with Crippen LogP contribution in [-0.2, 0) is 16.1 Å². The normalized spacial score (nSPS) is 11.6. The second-order valence-electron chi connectivity index (χ2n) is 6.71. The summed E-state index contributed by atoms with van der Waals surface area (Å²) in [5, 5.41) is 2.73. The van der Waals surface area contributed by atoms with E-state index in [0.717, 1.165) is 16.7 Å². The number of hydrogen-bond acceptors (Lipinski definition) is 3. The fourth-order valence-corrected chi connectivity index (χ4v) is 2.79. The topological polar surface area (TPSA) is 58.6 Å². The minimum Gasteiger partial charge on any atom is -0.483 e. The molecular weight excluding hydrogens is 359 g/mol. The first-order valence-corrected chi connectivity index (χ1v) is 9.34. The number of amides is 2. The summed E-state index contributed by atoms with van der Waals surface area (Å²) in [5.41, 5.74) is 2.78. The standard InChI is InChI=1S/C22H27FN2O3/c1-5-24-22(27)17(4)25(13-18-9-11-19(23)12-10-18)21(26)14-28-20-8-6-7-15(2)16(20)3/h6-12,17H,5,13-14H2,1-4H3,(H,24,27)/t17-/m1/s1. The van der Waals surface area contributed by atoms with Gasteiger partial charge in [-0.1, -0.05) is 24.3 Å². The molecule has 0 heterocycles. The molecule has 0 fully saturated rings. The van der Waals surface area contributed by atoms with E-state index >= 15 is 0 Å². The SMILES string of the molecule is CCNC(=O)[C@@H](C)N(Cc1ccc(F)cc1)C(=O)COc1cccc(C)c1C. The predicted octanol–water partition coefficient (Wildman–Crippen LogP) is 3.37. The molecule has 0 aliphatic heterocycles. The Morgan fingerprint density at radius 1 is 1.14 bits per heavy atom. The van der Waals surface area contributed by atoms with Crippen LogP contribution in [0.15, 0.2) is 42.5 Å². The van der Waals surface area contributed by atoms with Gasteiger partial charge in [0, 0.05) is 13.1 Å². The van der Waals surface area contributed by atoms with Crippen molar-refractivity contribution in [2.45, 2.75) is 40.3 Å². The average molecular weight is 386 g/mol. The van der Waals surface area contributed by atoms with Crippen LogP contribution in [0, 0.1) is 19.7 Å². The summed E-state index contributed by atoms with van der Waals surface area (Å²) < 4.78 is 18.9. The van der Waals surface area contributed by atoms with Crippen molar-refractivity contribution in [3.05, 3.63) is 65.0 Å². The first-order valence-electron chi connectivity index (χ1n) is 9.34. The van der Waals surface area contributed by atoms with Gasteiger partial charge in [0.1, 0.15) is 17.6 Å². The lowest BCUT2D eigenvalue weighted by atomic mass is 10.1. The quantitative estimate of drug-likeness (QED) is 0.757. The first kappa shape index (κ1) is 21.4. The van der Waals surface area contributed by atoms with Crippen LogP contribution in [0.2, 0.25) is 0 Å². The molecule has 5 nitrogen and oxygen atoms in total. The molecule has 2 rings (SSSR count). The largest absolute Gasteiger partial charge is 0.483 e. The molecule has 6 heteroatoms. The molecule has 0 aromatic heterocycles. The van der Waals surface area contributed by atoms with E-state index in [0.29, 0.717) is 12.3 Å². The van der Waals surface area contributed by atoms with Crippen molar-refractivity contribution in [2.75, 3.05) is 13.2 Å². The van der Waals surface area contributed by atoms with E-state index in [2.05, 4.69) is 5.32 Å². The number of nitrogens with zero attached hydrogens (tertiary/aromatic N) is 1. The fraction of sp³-hybridized carbons (Fsp3) is 0.364. The van der Waals surface area contributed by atoms with Crippen LogP contribution in [0.5, 0.6) is 5.75 Å². The molecule has 28 heavy (non-hydrogen) atoms. The maximum Gasteiger partial charge on any atom is 0.261 e. The van der Waals surface area contributed by atoms with Crippen LogP contribution in [0.25, 0.3) is 0 Å². The van der Waals surface area contributed by atoms with Crippen LogP contribution >= 0.6 is 0 Å². The van der Waals surface area contributed by atoms with Crippen molar-refractivity contribution < 1.29 is 18.7 Å². The molecule has 0 saturated heterocycles. The molecule has 0 bridgehead atoms. The average Bonchev–Trinajstić information content (AvgIpc) is 2.68. The summed E-state index contributed by atoms with van der Waals surface area (Å²) in [4.78, 5) is 26.6. The summed E-state index contributed by atoms with van der Waals surface area (Å²) in [6.45, 7) is 7.87. The van der Waals surface area contributed by atoms with Gasteiger partial charge in [-0.05, 0) is 62.6 Å². The Bertz CT molecular complexity index is 821. The van der Waals surface area contributed by atoms with Crippen molar-refractivity contribution in [3.8, 4) is 5.75 Å². The lowest BCUT2D eigenvalue weighted by Crippen LogP contribution is -2.49. The van der Waals surface area contributed by atoms with Gasteiger partial charge in [-0.3, -0.25) is 9.59 Å². The van der Waals surface area contributed by atoms with Gasteiger partial charge < -0.3 is 15.0 Å². The molecule has 0 radical (unpaired) electrons. The molecule has 150 valence electrons. The van der Waals surface area contributed by atoms with Gasteiger partial charge in [0.15, 0.2) is 6.61 Å². The van der Waals surface area contributed by atoms with Gasteiger partial charge in [0.05, 0.1) is 0 Å². The number of nitrogens with one attached hydrogen (secondary N) is 1. The number of ether oxygens (including phenoxy) is 1. The van der Waals surface area contributed by atoms with Gasteiger partial charge in [-0.25, -0.2) is 4.39 Å². The van der Waals surface area contributed by atoms with Crippen LogP contribution < -0.4 is 10.1 Å². The molecule has 1 N–H and O–H groups in total. The maximum absolute atomic E-state index is 13.2. The van der Waals surface area contributed by atoms with E-state index in [1.165, 1.54) is 17.0 Å². The number of hydrogen-bond donors (Lipinski definition) is 1. The van der Waals surface area contributed by atoms with E-state index in [1.807, 2.05) is 39.0 Å². The highest BCUT2D eigenvalue weighted by Crippen LogP contribution is 2.21. The van der Waals surface area contributed by atoms with Crippen molar-refractivity contribution in [1.82, 2.24) is 10.2 Å². The molecule has 2 amide bonds. The molecule has 0 aliphatic rings. The highest BCUT2D eigenvalue weighted by atomic mass is 19.1. The Kier molecular flexibility index (Phi) is 7.55. The maximum atomic E-state index is 13.2. The highest BCUT2D eigenvalue weighted by Gasteiger charge is 2.26. The summed E-state index contributed by atoms with van der Waals surface area (Å²) in [7, 11) is 0. The predicted molar refractivity (Wildman–Crippen MR) is 107 cm³/mol. The number of rotatable bonds is 8. The molecule has 2 aromatic carbocycles. The molecular formula is C22H27FN2O3. The zero-order valence-electron chi connectivity index (χ0n) is 16.8. The second kappa shape index (κ2) is 9.88. The third-order valence-corrected chi connectivity index (χ3v) is 4.69. The van der Waals surface area contributed by atoms with Gasteiger partial charge in [-0.2, -0.15) is 0 Å². The van der Waals surface area contributed by atoms with Crippen LogP contribution in [0.4, 0.5) is 4.39 Å². The van der Waals surface area contributed by atoms with Gasteiger partial charge in [-0.15, -0.1) is 0 Å². The van der Waals surface area contributed by atoms with Crippen LogP contribution in [-0.4, -0.2) is 35.9 Å². The van der Waals surface area contributed by atoms with E-state index < -0.39 is 6.04 Å². The monoisotopic (exact) mass is 386 g/mol. The first-order chi connectivity index (χ1) is 13.3. The Hall–Kier alpha value is -2.89. The number of aryl methyl sites for hydroxylation is 1. The molecule has 0 saturated carbocycles. The van der Waals surface area contributed by atoms with Crippen LogP contribution in [0.3, 0.4) is 0 Å². The Labute approximate surface area is 165 Å². The lowest BCUT2D eigenvalue weighted by molar-refractivity contribution is -0.142. The molecule has 0 spiro atoms. The minimum absolute atomic E-state index is 0.185. The molecule has 2 aromatic rings. The molecule has 0 unspecified atom stereocenters. The highest BCUT2D eigenvalue weighted by molar-refractivity contribution is 5.87. The second-order valence-corrected chi connectivity index (χ2v) is 6.71. The Morgan fingerprint density at radius 3 is 2.46 bits per heavy atom. The van der Waals surface area contributed by atoms with E-state index in [-0.39, 0.29) is 30.8 Å². The zero-order chi connectivity index (χ0) is 20.7. The summed E-state index contributed by atoms with van der Waals surface area (Å²) in [6, 6.07) is 10.9. The van der Waals surface area contributed by atoms with E-state index in [1.54, 1.807) is 19.1 Å². The number of carbonyl (C=O) groups excluding carboxylic acids is 2. The number of halogens is 1. The number of likely N-dealkylation sites (N-methyl/N-ethyl adjacent to an activating group) is 1. The molecule has 1 atom stereocenters. The van der Waals surface area contributed by atoms with Gasteiger partial charge >= 0.3 is 0 Å². The zero-order valence-corrected chi connectivity index (χ0v) is 16.8. The third-order valence-electron chi connectivity index (χ3n) is 4.69. The third kappa shape index (κ3) is 5.55. The van der Waals surface area contributed by atoms with Crippen molar-refractivity contribution in [3.63, 3.8) is 0 Å². The Balaban J connectivity index is 2.16.